The van der Waals surface area contributed by atoms with Gasteiger partial charge in [0.2, 0.25) is 5.91 Å². The van der Waals surface area contributed by atoms with Gasteiger partial charge in [0.1, 0.15) is 0 Å². The highest BCUT2D eigenvalue weighted by molar-refractivity contribution is 6.30. The molecule has 6 heteroatoms. The lowest BCUT2D eigenvalue weighted by Gasteiger charge is -2.15. The largest absolute Gasteiger partial charge is 0.351 e. The van der Waals surface area contributed by atoms with Gasteiger partial charge in [0.25, 0.3) is 5.91 Å². The van der Waals surface area contributed by atoms with Crippen molar-refractivity contribution < 1.29 is 14.4 Å². The summed E-state index contributed by atoms with van der Waals surface area (Å²) in [6.45, 7) is 1.84. The zero-order valence-electron chi connectivity index (χ0n) is 14.9. The molecule has 0 saturated carbocycles. The molecule has 1 fully saturated rings. The quantitative estimate of drug-likeness (QED) is 0.777. The highest BCUT2D eigenvalue weighted by Crippen LogP contribution is 2.17. The summed E-state index contributed by atoms with van der Waals surface area (Å²) in [7, 11) is 0. The Morgan fingerprint density at radius 3 is 2.22 bits per heavy atom. The van der Waals surface area contributed by atoms with Crippen molar-refractivity contribution in [2.24, 2.45) is 0 Å². The molecule has 1 aliphatic heterocycles. The number of likely N-dealkylation sites (tertiary alicyclic amines) is 1. The standard InChI is InChI=1S/C21H21ClN2O3/c22-16-9-7-15(8-10-16)20(26)17-5-1-2-6-18(17)21(27)23-12-11-19(25)24-13-3-4-14-24/h1-2,5-10H,3-4,11-14H2,(H,23,27). The maximum Gasteiger partial charge on any atom is 0.252 e. The van der Waals surface area contributed by atoms with Crippen LogP contribution in [0.4, 0.5) is 0 Å². The van der Waals surface area contributed by atoms with Gasteiger partial charge in [-0.1, -0.05) is 29.8 Å². The van der Waals surface area contributed by atoms with Crippen molar-refractivity contribution in [3.05, 3.63) is 70.2 Å². The second-order valence-corrected chi connectivity index (χ2v) is 6.91. The van der Waals surface area contributed by atoms with Crippen LogP contribution in [0.3, 0.4) is 0 Å². The molecule has 0 bridgehead atoms. The normalized spacial score (nSPS) is 13.4. The molecule has 0 radical (unpaired) electrons. The predicted molar refractivity (Wildman–Crippen MR) is 104 cm³/mol. The minimum Gasteiger partial charge on any atom is -0.351 e. The number of hydrogen-bond acceptors (Lipinski definition) is 3. The first-order valence-corrected chi connectivity index (χ1v) is 9.39. The molecule has 1 N–H and O–H groups in total. The van der Waals surface area contributed by atoms with Crippen molar-refractivity contribution in [3.63, 3.8) is 0 Å². The molecule has 2 aromatic rings. The number of nitrogens with one attached hydrogen (secondary N) is 1. The van der Waals surface area contributed by atoms with Gasteiger partial charge in [0, 0.05) is 42.2 Å². The van der Waals surface area contributed by atoms with Gasteiger partial charge in [0.05, 0.1) is 5.56 Å². The number of carbonyl (C=O) groups is 3. The number of amides is 2. The highest BCUT2D eigenvalue weighted by Gasteiger charge is 2.20. The molecule has 2 amide bonds. The van der Waals surface area contributed by atoms with Gasteiger partial charge in [-0.05, 0) is 43.2 Å². The van der Waals surface area contributed by atoms with Crippen LogP contribution in [0.1, 0.15) is 45.5 Å². The van der Waals surface area contributed by atoms with E-state index in [-0.39, 0.29) is 30.6 Å². The fourth-order valence-corrected chi connectivity index (χ4v) is 3.26. The van der Waals surface area contributed by atoms with Crippen LogP contribution in [0.2, 0.25) is 5.02 Å². The van der Waals surface area contributed by atoms with Gasteiger partial charge in [-0.2, -0.15) is 0 Å². The van der Waals surface area contributed by atoms with Crippen LogP contribution in [0.25, 0.3) is 0 Å². The second-order valence-electron chi connectivity index (χ2n) is 6.48. The van der Waals surface area contributed by atoms with Crippen molar-refractivity contribution in [2.45, 2.75) is 19.3 Å². The van der Waals surface area contributed by atoms with Gasteiger partial charge in [0.15, 0.2) is 5.78 Å². The summed E-state index contributed by atoms with van der Waals surface area (Å²) in [6, 6.07) is 13.2. The van der Waals surface area contributed by atoms with E-state index in [9.17, 15) is 14.4 Å². The summed E-state index contributed by atoms with van der Waals surface area (Å²) in [5, 5.41) is 3.29. The van der Waals surface area contributed by atoms with E-state index in [4.69, 9.17) is 11.6 Å². The predicted octanol–water partition coefficient (Wildman–Crippen LogP) is 3.31. The Morgan fingerprint density at radius 1 is 0.926 bits per heavy atom. The Labute approximate surface area is 163 Å². The molecule has 0 aliphatic carbocycles. The van der Waals surface area contributed by atoms with E-state index in [2.05, 4.69) is 5.32 Å². The molecule has 3 rings (SSSR count). The maximum absolute atomic E-state index is 12.8. The summed E-state index contributed by atoms with van der Waals surface area (Å²) in [6.07, 6.45) is 2.34. The Balaban J connectivity index is 1.65. The van der Waals surface area contributed by atoms with Gasteiger partial charge in [-0.3, -0.25) is 14.4 Å². The maximum atomic E-state index is 12.8. The zero-order valence-corrected chi connectivity index (χ0v) is 15.7. The molecule has 0 atom stereocenters. The van der Waals surface area contributed by atoms with Crippen LogP contribution in [-0.4, -0.2) is 42.1 Å². The molecule has 140 valence electrons. The molecule has 1 heterocycles. The van der Waals surface area contributed by atoms with E-state index >= 15 is 0 Å². The van der Waals surface area contributed by atoms with E-state index in [1.165, 1.54) is 0 Å². The molecule has 5 nitrogen and oxygen atoms in total. The van der Waals surface area contributed by atoms with Crippen molar-refractivity contribution in [2.75, 3.05) is 19.6 Å². The van der Waals surface area contributed by atoms with Crippen LogP contribution in [-0.2, 0) is 4.79 Å². The van der Waals surface area contributed by atoms with Crippen molar-refractivity contribution in [1.29, 1.82) is 0 Å². The average Bonchev–Trinajstić information content (AvgIpc) is 3.23. The van der Waals surface area contributed by atoms with E-state index < -0.39 is 0 Å². The highest BCUT2D eigenvalue weighted by atomic mass is 35.5. The van der Waals surface area contributed by atoms with E-state index in [0.717, 1.165) is 25.9 Å². The third kappa shape index (κ3) is 4.74. The molecule has 0 aromatic heterocycles. The number of nitrogens with zero attached hydrogens (tertiary/aromatic N) is 1. The molecule has 27 heavy (non-hydrogen) atoms. The summed E-state index contributed by atoms with van der Waals surface area (Å²) in [5.41, 5.74) is 1.08. The van der Waals surface area contributed by atoms with Crippen molar-refractivity contribution in [1.82, 2.24) is 10.2 Å². The summed E-state index contributed by atoms with van der Waals surface area (Å²) in [5.74, 6) is -0.550. The van der Waals surface area contributed by atoms with E-state index in [0.29, 0.717) is 21.7 Å². The second kappa shape index (κ2) is 8.82. The lowest BCUT2D eigenvalue weighted by atomic mass is 9.98. The van der Waals surface area contributed by atoms with Crippen LogP contribution in [0.15, 0.2) is 48.5 Å². The van der Waals surface area contributed by atoms with Crippen LogP contribution in [0.5, 0.6) is 0 Å². The van der Waals surface area contributed by atoms with Crippen LogP contribution < -0.4 is 5.32 Å². The number of carbonyl (C=O) groups excluding carboxylic acids is 3. The molecular formula is C21H21ClN2O3. The van der Waals surface area contributed by atoms with Gasteiger partial charge in [-0.15, -0.1) is 0 Å². The number of halogens is 1. The third-order valence-corrected chi connectivity index (χ3v) is 4.86. The van der Waals surface area contributed by atoms with Crippen molar-refractivity contribution >= 4 is 29.2 Å². The lowest BCUT2D eigenvalue weighted by Crippen LogP contribution is -2.33. The molecule has 0 spiro atoms. The first kappa shape index (κ1) is 19.1. The van der Waals surface area contributed by atoms with E-state index in [1.807, 2.05) is 4.90 Å². The fraction of sp³-hybridized carbons (Fsp3) is 0.286. The third-order valence-electron chi connectivity index (χ3n) is 4.61. The van der Waals surface area contributed by atoms with E-state index in [1.54, 1.807) is 48.5 Å². The van der Waals surface area contributed by atoms with Crippen molar-refractivity contribution in [3.8, 4) is 0 Å². The Kier molecular flexibility index (Phi) is 6.24. The van der Waals surface area contributed by atoms with Gasteiger partial charge in [-0.25, -0.2) is 0 Å². The van der Waals surface area contributed by atoms with Crippen LogP contribution >= 0.6 is 11.6 Å². The summed E-state index contributed by atoms with van der Waals surface area (Å²) < 4.78 is 0. The van der Waals surface area contributed by atoms with Crippen LogP contribution in [0, 0.1) is 0 Å². The Morgan fingerprint density at radius 2 is 1.56 bits per heavy atom. The molecule has 1 saturated heterocycles. The topological polar surface area (TPSA) is 66.5 Å². The number of benzene rings is 2. The SMILES string of the molecule is O=C(NCCC(=O)N1CCCC1)c1ccccc1C(=O)c1ccc(Cl)cc1. The monoisotopic (exact) mass is 384 g/mol. The Bertz CT molecular complexity index is 843. The average molecular weight is 385 g/mol. The molecule has 0 unspecified atom stereocenters. The summed E-state index contributed by atoms with van der Waals surface area (Å²) >= 11 is 5.87. The molecular weight excluding hydrogens is 364 g/mol. The minimum absolute atomic E-state index is 0.0540. The molecule has 2 aromatic carbocycles. The zero-order chi connectivity index (χ0) is 19.2. The first-order valence-electron chi connectivity index (χ1n) is 9.01. The number of ketones is 1. The minimum atomic E-state index is -0.359. The first-order chi connectivity index (χ1) is 13.1. The van der Waals surface area contributed by atoms with Gasteiger partial charge < -0.3 is 10.2 Å². The number of rotatable bonds is 6. The smallest absolute Gasteiger partial charge is 0.252 e. The van der Waals surface area contributed by atoms with Gasteiger partial charge >= 0.3 is 0 Å². The molecule has 1 aliphatic rings. The Hall–Kier alpha value is -2.66. The summed E-state index contributed by atoms with van der Waals surface area (Å²) in [4.78, 5) is 39.2. The fourth-order valence-electron chi connectivity index (χ4n) is 3.14. The lowest BCUT2D eigenvalue weighted by molar-refractivity contribution is -0.129. The number of hydrogen-bond donors (Lipinski definition) is 1.